The summed E-state index contributed by atoms with van der Waals surface area (Å²) in [5.41, 5.74) is -0.361. The fourth-order valence-corrected chi connectivity index (χ4v) is 3.68. The van der Waals surface area contributed by atoms with Gasteiger partial charge in [0.25, 0.3) is 0 Å². The Kier molecular flexibility index (Phi) is 4.03. The van der Waals surface area contributed by atoms with Crippen molar-refractivity contribution < 1.29 is 19.1 Å². The van der Waals surface area contributed by atoms with E-state index in [1.165, 1.54) is 19.2 Å². The molecular formula is C12H19O4P. The Hall–Kier alpha value is -0.830. The van der Waals surface area contributed by atoms with Gasteiger partial charge in [0.2, 0.25) is 0 Å². The van der Waals surface area contributed by atoms with E-state index >= 15 is 0 Å². The van der Waals surface area contributed by atoms with E-state index in [0.717, 1.165) is 0 Å². The second-order valence-corrected chi connectivity index (χ2v) is 7.12. The molecule has 0 aliphatic heterocycles. The Morgan fingerprint density at radius 1 is 1.24 bits per heavy atom. The number of aromatic hydroxyl groups is 1. The van der Waals surface area contributed by atoms with Gasteiger partial charge >= 0.3 is 7.60 Å². The molecule has 17 heavy (non-hydrogen) atoms. The van der Waals surface area contributed by atoms with Crippen LogP contribution in [0.25, 0.3) is 0 Å². The molecule has 4 nitrogen and oxygen atoms in total. The van der Waals surface area contributed by atoms with E-state index in [1.54, 1.807) is 12.1 Å². The summed E-state index contributed by atoms with van der Waals surface area (Å²) < 4.78 is 16.8. The highest BCUT2D eigenvalue weighted by Crippen LogP contribution is 2.63. The molecule has 0 saturated carbocycles. The van der Waals surface area contributed by atoms with Gasteiger partial charge in [0.05, 0.1) is 5.66 Å². The number of rotatable bonds is 3. The third-order valence-corrected chi connectivity index (χ3v) is 4.87. The number of benzene rings is 1. The molecule has 0 saturated heterocycles. The van der Waals surface area contributed by atoms with Gasteiger partial charge in [-0.25, -0.2) is 0 Å². The normalized spacial score (nSPS) is 17.5. The molecule has 2 unspecified atom stereocenters. The van der Waals surface area contributed by atoms with Crippen LogP contribution in [0, 0.1) is 5.41 Å². The van der Waals surface area contributed by atoms with E-state index in [0.29, 0.717) is 5.56 Å². The highest BCUT2D eigenvalue weighted by molar-refractivity contribution is 7.53. The Labute approximate surface area is 102 Å². The van der Waals surface area contributed by atoms with Crippen molar-refractivity contribution in [1.29, 1.82) is 0 Å². The first-order chi connectivity index (χ1) is 7.68. The summed E-state index contributed by atoms with van der Waals surface area (Å²) in [4.78, 5) is 9.91. The zero-order valence-corrected chi connectivity index (χ0v) is 11.4. The summed E-state index contributed by atoms with van der Waals surface area (Å²) in [6, 6.07) is 6.30. The molecule has 2 N–H and O–H groups in total. The Morgan fingerprint density at radius 3 is 2.06 bits per heavy atom. The first kappa shape index (κ1) is 14.2. The lowest BCUT2D eigenvalue weighted by atomic mass is 9.87. The van der Waals surface area contributed by atoms with Crippen molar-refractivity contribution in [2.75, 3.05) is 7.11 Å². The second-order valence-electron chi connectivity index (χ2n) is 5.11. The molecule has 0 fully saturated rings. The lowest BCUT2D eigenvalue weighted by molar-refractivity contribution is 0.265. The summed E-state index contributed by atoms with van der Waals surface area (Å²) in [6.07, 6.45) is 0. The van der Waals surface area contributed by atoms with Gasteiger partial charge in [0, 0.05) is 7.11 Å². The van der Waals surface area contributed by atoms with Crippen molar-refractivity contribution in [3.05, 3.63) is 29.8 Å². The minimum absolute atomic E-state index is 0.131. The van der Waals surface area contributed by atoms with Crippen LogP contribution in [-0.2, 0) is 9.09 Å². The molecule has 2 atom stereocenters. The number of phenols is 1. The molecule has 0 heterocycles. The third kappa shape index (κ3) is 3.32. The zero-order valence-electron chi connectivity index (χ0n) is 10.5. The molecule has 96 valence electrons. The third-order valence-electron chi connectivity index (χ3n) is 2.62. The molecule has 1 aromatic carbocycles. The first-order valence-electron chi connectivity index (χ1n) is 5.35. The van der Waals surface area contributed by atoms with Crippen LogP contribution in [0.1, 0.15) is 32.0 Å². The van der Waals surface area contributed by atoms with Crippen molar-refractivity contribution in [2.45, 2.75) is 26.4 Å². The molecule has 0 aromatic heterocycles. The maximum absolute atomic E-state index is 12.1. The van der Waals surface area contributed by atoms with Crippen LogP contribution >= 0.6 is 7.60 Å². The lowest BCUT2D eigenvalue weighted by Gasteiger charge is -2.33. The predicted octanol–water partition coefficient (Wildman–Crippen LogP) is 3.31. The molecule has 0 aliphatic rings. The largest absolute Gasteiger partial charge is 0.508 e. The van der Waals surface area contributed by atoms with Crippen molar-refractivity contribution in [1.82, 2.24) is 0 Å². The Morgan fingerprint density at radius 2 is 1.71 bits per heavy atom. The van der Waals surface area contributed by atoms with Gasteiger partial charge in [-0.05, 0) is 23.1 Å². The summed E-state index contributed by atoms with van der Waals surface area (Å²) in [5, 5.41) is 9.24. The Bertz CT molecular complexity index is 419. The fourth-order valence-electron chi connectivity index (χ4n) is 1.94. The maximum Gasteiger partial charge on any atom is 0.335 e. The molecule has 1 rings (SSSR count). The van der Waals surface area contributed by atoms with E-state index < -0.39 is 18.7 Å². The van der Waals surface area contributed by atoms with Crippen LogP contribution in [-0.4, -0.2) is 17.1 Å². The molecular weight excluding hydrogens is 239 g/mol. The van der Waals surface area contributed by atoms with Gasteiger partial charge in [-0.2, -0.15) is 0 Å². The monoisotopic (exact) mass is 258 g/mol. The van der Waals surface area contributed by atoms with E-state index in [-0.39, 0.29) is 5.75 Å². The van der Waals surface area contributed by atoms with Crippen LogP contribution in [0.5, 0.6) is 5.75 Å². The van der Waals surface area contributed by atoms with Gasteiger partial charge in [-0.15, -0.1) is 0 Å². The van der Waals surface area contributed by atoms with Crippen molar-refractivity contribution in [3.8, 4) is 5.75 Å². The van der Waals surface area contributed by atoms with Crippen LogP contribution < -0.4 is 0 Å². The minimum atomic E-state index is -3.72. The number of phenolic OH excluding ortho intramolecular Hbond substituents is 1. The highest BCUT2D eigenvalue weighted by atomic mass is 31.2. The van der Waals surface area contributed by atoms with Crippen LogP contribution in [0.3, 0.4) is 0 Å². The van der Waals surface area contributed by atoms with Gasteiger partial charge in [-0.1, -0.05) is 32.9 Å². The van der Waals surface area contributed by atoms with E-state index in [1.807, 2.05) is 20.8 Å². The molecule has 0 amide bonds. The lowest BCUT2D eigenvalue weighted by Crippen LogP contribution is -2.19. The van der Waals surface area contributed by atoms with Crippen LogP contribution in [0.2, 0.25) is 0 Å². The predicted molar refractivity (Wildman–Crippen MR) is 67.1 cm³/mol. The van der Waals surface area contributed by atoms with Gasteiger partial charge < -0.3 is 14.5 Å². The summed E-state index contributed by atoms with van der Waals surface area (Å²) in [6.45, 7) is 5.64. The second kappa shape index (κ2) is 4.81. The standard InChI is InChI=1S/C12H19O4P/c1-12(2,3)11(17(14,15)16-4)9-5-7-10(13)8-6-9/h5-8,11,13H,1-4H3,(H,14,15). The van der Waals surface area contributed by atoms with Gasteiger partial charge in [0.1, 0.15) is 5.75 Å². The maximum atomic E-state index is 12.1. The van der Waals surface area contributed by atoms with Gasteiger partial charge in [-0.3, -0.25) is 4.57 Å². The van der Waals surface area contributed by atoms with Crippen LogP contribution in [0.4, 0.5) is 0 Å². The molecule has 1 aromatic rings. The molecule has 0 radical (unpaired) electrons. The van der Waals surface area contributed by atoms with E-state index in [4.69, 9.17) is 4.52 Å². The number of hydrogen-bond acceptors (Lipinski definition) is 3. The SMILES string of the molecule is COP(=O)(O)C(c1ccc(O)cc1)C(C)(C)C. The van der Waals surface area contributed by atoms with E-state index in [9.17, 15) is 14.6 Å². The smallest absolute Gasteiger partial charge is 0.335 e. The van der Waals surface area contributed by atoms with Crippen LogP contribution in [0.15, 0.2) is 24.3 Å². The van der Waals surface area contributed by atoms with E-state index in [2.05, 4.69) is 0 Å². The van der Waals surface area contributed by atoms with Crippen molar-refractivity contribution in [3.63, 3.8) is 0 Å². The number of hydrogen-bond donors (Lipinski definition) is 2. The Balaban J connectivity index is 3.26. The molecule has 0 spiro atoms. The summed E-state index contributed by atoms with van der Waals surface area (Å²) >= 11 is 0. The van der Waals surface area contributed by atoms with Crippen molar-refractivity contribution in [2.24, 2.45) is 5.41 Å². The van der Waals surface area contributed by atoms with Gasteiger partial charge in [0.15, 0.2) is 0 Å². The first-order valence-corrected chi connectivity index (χ1v) is 7.00. The highest BCUT2D eigenvalue weighted by Gasteiger charge is 2.41. The molecule has 5 heteroatoms. The van der Waals surface area contributed by atoms with Crippen molar-refractivity contribution >= 4 is 7.60 Å². The quantitative estimate of drug-likeness (QED) is 0.816. The fraction of sp³-hybridized carbons (Fsp3) is 0.500. The molecule has 0 bridgehead atoms. The molecule has 0 aliphatic carbocycles. The summed E-state index contributed by atoms with van der Waals surface area (Å²) in [7, 11) is -2.49. The summed E-state index contributed by atoms with van der Waals surface area (Å²) in [5.74, 6) is 0.131. The average Bonchev–Trinajstić information content (AvgIpc) is 2.19. The topological polar surface area (TPSA) is 66.8 Å². The average molecular weight is 258 g/mol. The zero-order chi connectivity index (χ0) is 13.3. The minimum Gasteiger partial charge on any atom is -0.508 e.